The zero-order valence-electron chi connectivity index (χ0n) is 12.8. The lowest BCUT2D eigenvalue weighted by Crippen LogP contribution is -1.95. The first-order chi connectivity index (χ1) is 11.3. The van der Waals surface area contributed by atoms with E-state index in [1.54, 1.807) is 12.1 Å². The Morgan fingerprint density at radius 1 is 1.00 bits per heavy atom. The number of hydrogen-bond donors (Lipinski definition) is 0. The minimum absolute atomic E-state index is 0.482. The summed E-state index contributed by atoms with van der Waals surface area (Å²) in [6.07, 6.45) is 2.17. The molecule has 0 spiro atoms. The second-order valence-corrected chi connectivity index (χ2v) is 5.59. The van der Waals surface area contributed by atoms with Gasteiger partial charge in [0.05, 0.1) is 6.61 Å². The molecule has 1 heterocycles. The number of hydrogen-bond acceptors (Lipinski definition) is 4. The zero-order chi connectivity index (χ0) is 16.1. The molecule has 0 unspecified atom stereocenters. The van der Waals surface area contributed by atoms with E-state index in [0.29, 0.717) is 16.7 Å². The Kier molecular flexibility index (Phi) is 4.93. The van der Waals surface area contributed by atoms with Crippen molar-refractivity contribution < 1.29 is 9.26 Å². The number of unbranched alkanes of at least 4 members (excludes halogenated alkanes) is 1. The van der Waals surface area contributed by atoms with E-state index in [0.717, 1.165) is 36.3 Å². The van der Waals surface area contributed by atoms with Crippen LogP contribution in [0.15, 0.2) is 53.1 Å². The summed E-state index contributed by atoms with van der Waals surface area (Å²) < 4.78 is 11.0. The van der Waals surface area contributed by atoms with Crippen LogP contribution < -0.4 is 4.74 Å². The molecule has 0 atom stereocenters. The molecule has 23 heavy (non-hydrogen) atoms. The molecule has 0 bridgehead atoms. The molecular weight excluding hydrogens is 312 g/mol. The van der Waals surface area contributed by atoms with Gasteiger partial charge in [0.15, 0.2) is 0 Å². The standard InChI is InChI=1S/C18H17ClN2O2/c1-2-3-12-22-16-10-6-14(7-11-16)18-20-17(21-23-18)13-4-8-15(19)9-5-13/h4-11H,2-3,12H2,1H3. The average molecular weight is 329 g/mol. The lowest BCUT2D eigenvalue weighted by Gasteiger charge is -2.04. The van der Waals surface area contributed by atoms with E-state index >= 15 is 0 Å². The zero-order valence-corrected chi connectivity index (χ0v) is 13.6. The van der Waals surface area contributed by atoms with Crippen molar-refractivity contribution in [3.63, 3.8) is 0 Å². The first-order valence-electron chi connectivity index (χ1n) is 7.59. The van der Waals surface area contributed by atoms with Crippen molar-refractivity contribution in [3.8, 4) is 28.6 Å². The molecule has 1 aromatic heterocycles. The van der Waals surface area contributed by atoms with Crippen LogP contribution >= 0.6 is 11.6 Å². The topological polar surface area (TPSA) is 48.2 Å². The number of ether oxygens (including phenoxy) is 1. The molecule has 0 aliphatic rings. The van der Waals surface area contributed by atoms with Crippen molar-refractivity contribution in [2.75, 3.05) is 6.61 Å². The van der Waals surface area contributed by atoms with Crippen molar-refractivity contribution >= 4 is 11.6 Å². The number of halogens is 1. The van der Waals surface area contributed by atoms with Gasteiger partial charge in [0, 0.05) is 16.1 Å². The van der Waals surface area contributed by atoms with E-state index in [1.165, 1.54) is 0 Å². The molecule has 0 N–H and O–H groups in total. The van der Waals surface area contributed by atoms with Gasteiger partial charge in [-0.2, -0.15) is 4.98 Å². The molecule has 0 saturated carbocycles. The van der Waals surface area contributed by atoms with Crippen LogP contribution in [0, 0.1) is 0 Å². The van der Waals surface area contributed by atoms with Crippen LogP contribution in [0.25, 0.3) is 22.8 Å². The van der Waals surface area contributed by atoms with Gasteiger partial charge in [-0.05, 0) is 55.0 Å². The summed E-state index contributed by atoms with van der Waals surface area (Å²) in [5.74, 6) is 1.87. The summed E-state index contributed by atoms with van der Waals surface area (Å²) in [5.41, 5.74) is 1.73. The van der Waals surface area contributed by atoms with E-state index < -0.39 is 0 Å². The highest BCUT2D eigenvalue weighted by Gasteiger charge is 2.10. The van der Waals surface area contributed by atoms with Crippen molar-refractivity contribution in [3.05, 3.63) is 53.6 Å². The maximum atomic E-state index is 5.88. The summed E-state index contributed by atoms with van der Waals surface area (Å²) in [5, 5.41) is 4.69. The Morgan fingerprint density at radius 2 is 1.70 bits per heavy atom. The molecule has 0 amide bonds. The van der Waals surface area contributed by atoms with E-state index in [2.05, 4.69) is 17.1 Å². The minimum Gasteiger partial charge on any atom is -0.494 e. The van der Waals surface area contributed by atoms with E-state index in [-0.39, 0.29) is 0 Å². The number of aromatic nitrogens is 2. The van der Waals surface area contributed by atoms with Crippen LogP contribution in [0.5, 0.6) is 5.75 Å². The molecule has 0 fully saturated rings. The number of rotatable bonds is 6. The average Bonchev–Trinajstić information content (AvgIpc) is 3.06. The Morgan fingerprint density at radius 3 is 2.39 bits per heavy atom. The van der Waals surface area contributed by atoms with Gasteiger partial charge in [-0.1, -0.05) is 30.1 Å². The largest absolute Gasteiger partial charge is 0.494 e. The number of nitrogens with zero attached hydrogens (tertiary/aromatic N) is 2. The van der Waals surface area contributed by atoms with E-state index in [1.807, 2.05) is 36.4 Å². The molecule has 3 aromatic rings. The lowest BCUT2D eigenvalue weighted by molar-refractivity contribution is 0.309. The Bertz CT molecular complexity index is 751. The van der Waals surface area contributed by atoms with Crippen molar-refractivity contribution in [2.24, 2.45) is 0 Å². The summed E-state index contributed by atoms with van der Waals surface area (Å²) in [6, 6.07) is 15.0. The summed E-state index contributed by atoms with van der Waals surface area (Å²) in [4.78, 5) is 4.42. The SMILES string of the molecule is CCCCOc1ccc(-c2nc(-c3ccc(Cl)cc3)no2)cc1. The predicted molar refractivity (Wildman–Crippen MR) is 90.6 cm³/mol. The van der Waals surface area contributed by atoms with E-state index in [9.17, 15) is 0 Å². The fourth-order valence-corrected chi connectivity index (χ4v) is 2.21. The summed E-state index contributed by atoms with van der Waals surface area (Å²) in [6.45, 7) is 2.87. The summed E-state index contributed by atoms with van der Waals surface area (Å²) >= 11 is 5.88. The molecule has 118 valence electrons. The normalized spacial score (nSPS) is 10.7. The van der Waals surface area contributed by atoms with Crippen LogP contribution in [0.1, 0.15) is 19.8 Å². The summed E-state index contributed by atoms with van der Waals surface area (Å²) in [7, 11) is 0. The highest BCUT2D eigenvalue weighted by atomic mass is 35.5. The van der Waals surface area contributed by atoms with E-state index in [4.69, 9.17) is 20.9 Å². The monoisotopic (exact) mass is 328 g/mol. The van der Waals surface area contributed by atoms with Gasteiger partial charge in [0.1, 0.15) is 5.75 Å². The second-order valence-electron chi connectivity index (χ2n) is 5.16. The highest BCUT2D eigenvalue weighted by molar-refractivity contribution is 6.30. The molecule has 0 aliphatic carbocycles. The van der Waals surface area contributed by atoms with Gasteiger partial charge in [-0.3, -0.25) is 0 Å². The van der Waals surface area contributed by atoms with Gasteiger partial charge in [-0.15, -0.1) is 0 Å². The minimum atomic E-state index is 0.482. The molecule has 0 radical (unpaired) electrons. The highest BCUT2D eigenvalue weighted by Crippen LogP contribution is 2.25. The molecule has 2 aromatic carbocycles. The molecule has 0 saturated heterocycles. The van der Waals surface area contributed by atoms with Gasteiger partial charge in [0.2, 0.25) is 5.82 Å². The fourth-order valence-electron chi connectivity index (χ4n) is 2.09. The van der Waals surface area contributed by atoms with Crippen molar-refractivity contribution in [1.29, 1.82) is 0 Å². The fraction of sp³-hybridized carbons (Fsp3) is 0.222. The first-order valence-corrected chi connectivity index (χ1v) is 7.97. The van der Waals surface area contributed by atoms with Gasteiger partial charge < -0.3 is 9.26 Å². The van der Waals surface area contributed by atoms with Crippen molar-refractivity contribution in [1.82, 2.24) is 10.1 Å². The third-order valence-electron chi connectivity index (χ3n) is 3.40. The van der Waals surface area contributed by atoms with Gasteiger partial charge in [0.25, 0.3) is 5.89 Å². The third kappa shape index (κ3) is 3.90. The van der Waals surface area contributed by atoms with Crippen LogP contribution in [0.4, 0.5) is 0 Å². The number of benzene rings is 2. The molecule has 5 heteroatoms. The van der Waals surface area contributed by atoms with Gasteiger partial charge >= 0.3 is 0 Å². The van der Waals surface area contributed by atoms with Crippen LogP contribution in [-0.2, 0) is 0 Å². The molecule has 0 aliphatic heterocycles. The molecule has 4 nitrogen and oxygen atoms in total. The first kappa shape index (κ1) is 15.6. The maximum Gasteiger partial charge on any atom is 0.258 e. The molecular formula is C18H17ClN2O2. The van der Waals surface area contributed by atoms with Crippen LogP contribution in [0.3, 0.4) is 0 Å². The Balaban J connectivity index is 1.73. The Labute approximate surface area is 140 Å². The lowest BCUT2D eigenvalue weighted by atomic mass is 10.2. The van der Waals surface area contributed by atoms with Gasteiger partial charge in [-0.25, -0.2) is 0 Å². The smallest absolute Gasteiger partial charge is 0.258 e. The van der Waals surface area contributed by atoms with Crippen LogP contribution in [0.2, 0.25) is 5.02 Å². The Hall–Kier alpha value is -2.33. The predicted octanol–water partition coefficient (Wildman–Crippen LogP) is 5.24. The maximum absolute atomic E-state index is 5.88. The second kappa shape index (κ2) is 7.29. The van der Waals surface area contributed by atoms with Crippen LogP contribution in [-0.4, -0.2) is 16.7 Å². The quantitative estimate of drug-likeness (QED) is 0.581. The third-order valence-corrected chi connectivity index (χ3v) is 3.65. The molecule has 3 rings (SSSR count). The van der Waals surface area contributed by atoms with Crippen molar-refractivity contribution in [2.45, 2.75) is 19.8 Å².